The molecule has 0 saturated heterocycles. The molecule has 4 heterocycles. The summed E-state index contributed by atoms with van der Waals surface area (Å²) in [6, 6.07) is 9.40. The van der Waals surface area contributed by atoms with Gasteiger partial charge in [0.25, 0.3) is 0 Å². The maximum atomic E-state index is 15.2. The highest BCUT2D eigenvalue weighted by Crippen LogP contribution is 2.36. The molecule has 4 aromatic rings. The number of hydrogen-bond acceptors (Lipinski definition) is 5. The third-order valence-corrected chi connectivity index (χ3v) is 6.37. The van der Waals surface area contributed by atoms with E-state index in [0.29, 0.717) is 23.0 Å². The monoisotopic (exact) mass is 460 g/mol. The van der Waals surface area contributed by atoms with Crippen molar-refractivity contribution in [2.24, 2.45) is 0 Å². The lowest BCUT2D eigenvalue weighted by molar-refractivity contribution is 0.396. The summed E-state index contributed by atoms with van der Waals surface area (Å²) in [5.74, 6) is 1.43. The molecule has 8 heteroatoms. The highest BCUT2D eigenvalue weighted by atomic mass is 19.1. The van der Waals surface area contributed by atoms with Gasteiger partial charge in [0, 0.05) is 18.7 Å². The molecule has 3 aromatic heterocycles. The number of aryl methyl sites for hydroxylation is 2. The predicted octanol–water partition coefficient (Wildman–Crippen LogP) is 5.21. The van der Waals surface area contributed by atoms with Crippen molar-refractivity contribution in [1.29, 1.82) is 0 Å². The lowest BCUT2D eigenvalue weighted by Crippen LogP contribution is -2.19. The number of rotatable bonds is 4. The van der Waals surface area contributed by atoms with Crippen LogP contribution in [0.15, 0.2) is 42.9 Å². The summed E-state index contributed by atoms with van der Waals surface area (Å²) in [5.41, 5.74) is 3.85. The van der Waals surface area contributed by atoms with Crippen LogP contribution in [0.2, 0.25) is 0 Å². The fourth-order valence-corrected chi connectivity index (χ4v) is 4.49. The first-order valence-electron chi connectivity index (χ1n) is 11.6. The average Bonchev–Trinajstić information content (AvgIpc) is 3.44. The van der Waals surface area contributed by atoms with E-state index in [4.69, 9.17) is 14.8 Å². The Bertz CT molecular complexity index is 1350. The number of methoxy groups -OCH3 is 1. The largest absolute Gasteiger partial charge is 0.479 e. The number of ether oxygens (including phenoxy) is 1. The number of pyridine rings is 1. The highest BCUT2D eigenvalue weighted by Gasteiger charge is 2.29. The summed E-state index contributed by atoms with van der Waals surface area (Å²) in [6.07, 6.45) is 5.39. The molecule has 5 rings (SSSR count). The molecule has 0 spiro atoms. The first-order chi connectivity index (χ1) is 16.2. The van der Waals surface area contributed by atoms with Gasteiger partial charge in [0.2, 0.25) is 5.88 Å². The topological polar surface area (TPSA) is 70.7 Å². The van der Waals surface area contributed by atoms with Gasteiger partial charge in [-0.25, -0.2) is 24.0 Å². The van der Waals surface area contributed by atoms with Crippen molar-refractivity contribution in [1.82, 2.24) is 29.3 Å². The van der Waals surface area contributed by atoms with Crippen LogP contribution in [0.4, 0.5) is 4.39 Å². The van der Waals surface area contributed by atoms with E-state index in [-0.39, 0.29) is 17.2 Å². The lowest BCUT2D eigenvalue weighted by Gasteiger charge is -2.25. The number of halogens is 1. The summed E-state index contributed by atoms with van der Waals surface area (Å²) in [6.45, 7) is 8.95. The third kappa shape index (κ3) is 3.97. The van der Waals surface area contributed by atoms with Crippen LogP contribution >= 0.6 is 0 Å². The minimum atomic E-state index is -0.185. The molecule has 1 aliphatic heterocycles. The number of benzene rings is 1. The Morgan fingerprint density at radius 3 is 2.62 bits per heavy atom. The van der Waals surface area contributed by atoms with Gasteiger partial charge in [-0.05, 0) is 54.5 Å². The molecule has 0 fully saturated rings. The zero-order chi connectivity index (χ0) is 24.0. The van der Waals surface area contributed by atoms with Crippen LogP contribution in [0, 0.1) is 12.7 Å². The van der Waals surface area contributed by atoms with Crippen LogP contribution in [-0.4, -0.2) is 36.4 Å². The molecule has 34 heavy (non-hydrogen) atoms. The van der Waals surface area contributed by atoms with Gasteiger partial charge >= 0.3 is 0 Å². The van der Waals surface area contributed by atoms with Crippen molar-refractivity contribution in [3.8, 4) is 23.1 Å². The van der Waals surface area contributed by atoms with Gasteiger partial charge < -0.3 is 9.30 Å². The fraction of sp³-hybridized carbons (Fsp3) is 0.385. The molecule has 0 bridgehead atoms. The van der Waals surface area contributed by atoms with Crippen molar-refractivity contribution >= 4 is 0 Å². The molecular weight excluding hydrogens is 431 g/mol. The third-order valence-electron chi connectivity index (χ3n) is 6.37. The van der Waals surface area contributed by atoms with Crippen molar-refractivity contribution in [3.05, 3.63) is 71.3 Å². The normalized spacial score (nSPS) is 15.9. The molecule has 1 aromatic carbocycles. The van der Waals surface area contributed by atoms with Gasteiger partial charge in [-0.3, -0.25) is 0 Å². The van der Waals surface area contributed by atoms with Crippen LogP contribution in [0.1, 0.15) is 62.2 Å². The summed E-state index contributed by atoms with van der Waals surface area (Å²) in [5, 5.41) is 4.71. The Labute approximate surface area is 198 Å². The van der Waals surface area contributed by atoms with E-state index >= 15 is 4.39 Å². The van der Waals surface area contributed by atoms with E-state index in [1.807, 2.05) is 46.6 Å². The maximum absolute atomic E-state index is 15.2. The summed E-state index contributed by atoms with van der Waals surface area (Å²) < 4.78 is 24.5. The first kappa shape index (κ1) is 22.3. The molecule has 0 N–H and O–H groups in total. The molecule has 7 nitrogen and oxygen atoms in total. The molecule has 176 valence electrons. The zero-order valence-electron chi connectivity index (χ0n) is 20.2. The Kier molecular flexibility index (Phi) is 5.46. The molecule has 1 aliphatic rings. The highest BCUT2D eigenvalue weighted by molar-refractivity contribution is 5.55. The van der Waals surface area contributed by atoms with E-state index in [1.165, 1.54) is 0 Å². The van der Waals surface area contributed by atoms with Crippen LogP contribution < -0.4 is 4.74 Å². The second-order valence-corrected chi connectivity index (χ2v) is 9.85. The van der Waals surface area contributed by atoms with Crippen molar-refractivity contribution in [2.45, 2.75) is 58.4 Å². The fourth-order valence-electron chi connectivity index (χ4n) is 4.49. The van der Waals surface area contributed by atoms with Crippen molar-refractivity contribution in [2.75, 3.05) is 7.11 Å². The predicted molar refractivity (Wildman–Crippen MR) is 128 cm³/mol. The average molecular weight is 461 g/mol. The number of hydrogen-bond donors (Lipinski definition) is 0. The van der Waals surface area contributed by atoms with Gasteiger partial charge in [0.1, 0.15) is 23.0 Å². The quantitative estimate of drug-likeness (QED) is 0.418. The van der Waals surface area contributed by atoms with Gasteiger partial charge in [0.15, 0.2) is 5.82 Å². The van der Waals surface area contributed by atoms with Gasteiger partial charge in [-0.1, -0.05) is 32.9 Å². The molecule has 1 atom stereocenters. The number of aromatic nitrogens is 6. The number of nitrogens with zero attached hydrogens (tertiary/aromatic N) is 6. The van der Waals surface area contributed by atoms with E-state index < -0.39 is 0 Å². The van der Waals surface area contributed by atoms with E-state index in [9.17, 15) is 0 Å². The summed E-state index contributed by atoms with van der Waals surface area (Å²) in [7, 11) is 1.59. The van der Waals surface area contributed by atoms with E-state index in [2.05, 4.69) is 30.7 Å². The number of fused-ring (bicyclic) bond motifs is 1. The molecular formula is C26H29FN6O. The number of imidazole rings is 1. The second-order valence-electron chi connectivity index (χ2n) is 9.85. The van der Waals surface area contributed by atoms with Crippen molar-refractivity contribution in [3.63, 3.8) is 0 Å². The van der Waals surface area contributed by atoms with Crippen LogP contribution in [0.25, 0.3) is 17.2 Å². The Morgan fingerprint density at radius 1 is 1.12 bits per heavy atom. The van der Waals surface area contributed by atoms with Crippen molar-refractivity contribution < 1.29 is 9.13 Å². The zero-order valence-corrected chi connectivity index (χ0v) is 20.2. The van der Waals surface area contributed by atoms with Crippen LogP contribution in [0.5, 0.6) is 5.88 Å². The maximum Gasteiger partial charge on any atom is 0.238 e. The Morgan fingerprint density at radius 2 is 1.94 bits per heavy atom. The SMILES string of the molecule is COc1nc(-c2nc3n(n2)CCC[C@@H]3c2ccc(C(C)(C)C)cc2F)ccc1-n1cnc(C)c1. The van der Waals surface area contributed by atoms with Gasteiger partial charge in [-0.15, -0.1) is 5.10 Å². The Balaban J connectivity index is 1.51. The molecule has 0 unspecified atom stereocenters. The molecule has 0 amide bonds. The lowest BCUT2D eigenvalue weighted by atomic mass is 9.84. The smallest absolute Gasteiger partial charge is 0.238 e. The first-order valence-corrected chi connectivity index (χ1v) is 11.6. The minimum Gasteiger partial charge on any atom is -0.479 e. The van der Waals surface area contributed by atoms with Crippen LogP contribution in [0.3, 0.4) is 0 Å². The van der Waals surface area contributed by atoms with Gasteiger partial charge in [-0.2, -0.15) is 0 Å². The molecule has 0 saturated carbocycles. The minimum absolute atomic E-state index is 0.106. The molecule has 0 aliphatic carbocycles. The van der Waals surface area contributed by atoms with Crippen LogP contribution in [-0.2, 0) is 12.0 Å². The summed E-state index contributed by atoms with van der Waals surface area (Å²) in [4.78, 5) is 13.8. The standard InChI is InChI=1S/C26H29FN6O/c1-16-14-32(15-28-16)22-11-10-21(29-25(22)34-5)23-30-24-19(7-6-12-33(24)31-23)18-9-8-17(13-20(18)27)26(2,3)4/h8-11,13-15,19H,6-7,12H2,1-5H3/t19-/m1/s1. The summed E-state index contributed by atoms with van der Waals surface area (Å²) >= 11 is 0. The Hall–Kier alpha value is -3.55. The van der Waals surface area contributed by atoms with E-state index in [1.54, 1.807) is 19.5 Å². The molecule has 0 radical (unpaired) electrons. The van der Waals surface area contributed by atoms with Gasteiger partial charge in [0.05, 0.1) is 19.1 Å². The van der Waals surface area contributed by atoms with E-state index in [0.717, 1.165) is 42.2 Å². The second kappa shape index (κ2) is 8.34.